The molecule has 9 heteroatoms. The number of aliphatic imine (C=N–C) groups is 1. The van der Waals surface area contributed by atoms with Crippen LogP contribution in [-0.4, -0.2) is 25.2 Å². The maximum absolute atomic E-state index is 6.54. The number of pyridine rings is 1. The zero-order chi connectivity index (χ0) is 18.7. The summed E-state index contributed by atoms with van der Waals surface area (Å²) >= 11 is 6.13. The SMILES string of the molecule is COc1ccc(Cl)cc1C1(N)N=C(Nc2cccnc2OC)NC=C1N. The standard InChI is InChI=1S/C17H19ClN6O2/c1-25-13-6-5-10(18)8-11(13)17(20)14(19)9-22-16(24-17)23-12-4-3-7-21-15(12)26-2/h3-9H,19-20H2,1-2H3,(H2,22,23,24). The van der Waals surface area contributed by atoms with Crippen LogP contribution in [0.3, 0.4) is 0 Å². The molecule has 1 aromatic heterocycles. The Morgan fingerprint density at radius 2 is 2.04 bits per heavy atom. The average molecular weight is 375 g/mol. The molecular formula is C17H19ClN6O2. The van der Waals surface area contributed by atoms with Crippen LogP contribution in [0.1, 0.15) is 5.56 Å². The molecular weight excluding hydrogens is 356 g/mol. The molecule has 0 radical (unpaired) electrons. The summed E-state index contributed by atoms with van der Waals surface area (Å²) in [5.41, 5.74) is 12.8. The molecule has 1 unspecified atom stereocenters. The fraction of sp³-hybridized carbons (Fsp3) is 0.176. The van der Waals surface area contributed by atoms with Gasteiger partial charge in [0.2, 0.25) is 11.8 Å². The summed E-state index contributed by atoms with van der Waals surface area (Å²) in [5, 5.41) is 6.55. The number of anilines is 1. The molecule has 0 amide bonds. The van der Waals surface area contributed by atoms with Crippen molar-refractivity contribution in [2.24, 2.45) is 16.5 Å². The van der Waals surface area contributed by atoms with Crippen molar-refractivity contribution in [3.05, 3.63) is 59.0 Å². The number of ether oxygens (including phenoxy) is 2. The summed E-state index contributed by atoms with van der Waals surface area (Å²) in [4.78, 5) is 8.68. The third kappa shape index (κ3) is 3.24. The Balaban J connectivity index is 2.02. The van der Waals surface area contributed by atoms with Gasteiger partial charge < -0.3 is 25.8 Å². The lowest BCUT2D eigenvalue weighted by Crippen LogP contribution is -2.48. The number of nitrogens with one attached hydrogen (secondary N) is 2. The van der Waals surface area contributed by atoms with Gasteiger partial charge in [-0.05, 0) is 30.3 Å². The second kappa shape index (κ2) is 7.11. The molecule has 1 aliphatic rings. The van der Waals surface area contributed by atoms with E-state index in [4.69, 9.17) is 32.5 Å². The van der Waals surface area contributed by atoms with E-state index in [1.807, 2.05) is 0 Å². The first-order valence-corrected chi connectivity index (χ1v) is 8.07. The Labute approximate surface area is 155 Å². The van der Waals surface area contributed by atoms with Gasteiger partial charge >= 0.3 is 0 Å². The van der Waals surface area contributed by atoms with Gasteiger partial charge in [0, 0.05) is 23.0 Å². The van der Waals surface area contributed by atoms with Crippen LogP contribution >= 0.6 is 11.6 Å². The third-order valence-corrected chi connectivity index (χ3v) is 4.12. The molecule has 0 fully saturated rings. The fourth-order valence-electron chi connectivity index (χ4n) is 2.56. The number of hydrogen-bond donors (Lipinski definition) is 4. The normalized spacial score (nSPS) is 19.1. The number of nitrogens with zero attached hydrogens (tertiary/aromatic N) is 2. The van der Waals surface area contributed by atoms with Crippen LogP contribution in [0.4, 0.5) is 5.69 Å². The van der Waals surface area contributed by atoms with E-state index >= 15 is 0 Å². The number of nitrogens with two attached hydrogens (primary N) is 2. The zero-order valence-electron chi connectivity index (χ0n) is 14.3. The number of halogens is 1. The van der Waals surface area contributed by atoms with Gasteiger partial charge in [-0.3, -0.25) is 5.73 Å². The van der Waals surface area contributed by atoms with Crippen molar-refractivity contribution in [1.82, 2.24) is 10.3 Å². The number of guanidine groups is 1. The van der Waals surface area contributed by atoms with Gasteiger partial charge in [-0.2, -0.15) is 0 Å². The van der Waals surface area contributed by atoms with Gasteiger partial charge in [-0.1, -0.05) is 11.6 Å². The Morgan fingerprint density at radius 3 is 2.77 bits per heavy atom. The smallest absolute Gasteiger partial charge is 0.237 e. The number of hydrogen-bond acceptors (Lipinski definition) is 8. The van der Waals surface area contributed by atoms with Gasteiger partial charge in [0.15, 0.2) is 5.66 Å². The first-order chi connectivity index (χ1) is 12.5. The van der Waals surface area contributed by atoms with Crippen molar-refractivity contribution in [2.45, 2.75) is 5.66 Å². The Bertz CT molecular complexity index is 885. The molecule has 0 saturated carbocycles. The Kier molecular flexibility index (Phi) is 4.88. The first kappa shape index (κ1) is 17.8. The Morgan fingerprint density at radius 1 is 1.23 bits per heavy atom. The quantitative estimate of drug-likeness (QED) is 0.643. The van der Waals surface area contributed by atoms with Crippen molar-refractivity contribution in [2.75, 3.05) is 19.5 Å². The van der Waals surface area contributed by atoms with E-state index in [0.29, 0.717) is 39.6 Å². The van der Waals surface area contributed by atoms with E-state index in [1.54, 1.807) is 49.8 Å². The number of benzene rings is 1. The second-order valence-corrected chi connectivity index (χ2v) is 5.94. The highest BCUT2D eigenvalue weighted by molar-refractivity contribution is 6.30. The van der Waals surface area contributed by atoms with Gasteiger partial charge in [-0.25, -0.2) is 9.98 Å². The average Bonchev–Trinajstić information content (AvgIpc) is 2.65. The minimum atomic E-state index is -1.36. The molecule has 6 N–H and O–H groups in total. The topological polar surface area (TPSA) is 120 Å². The van der Waals surface area contributed by atoms with Crippen molar-refractivity contribution in [1.29, 1.82) is 0 Å². The highest BCUT2D eigenvalue weighted by atomic mass is 35.5. The summed E-state index contributed by atoms with van der Waals surface area (Å²) in [5.74, 6) is 1.31. The largest absolute Gasteiger partial charge is 0.496 e. The summed E-state index contributed by atoms with van der Waals surface area (Å²) in [6.45, 7) is 0. The van der Waals surface area contributed by atoms with Gasteiger partial charge in [0.1, 0.15) is 11.4 Å². The maximum atomic E-state index is 6.54. The van der Waals surface area contributed by atoms with E-state index in [0.717, 1.165) is 0 Å². The maximum Gasteiger partial charge on any atom is 0.237 e. The monoisotopic (exact) mass is 374 g/mol. The van der Waals surface area contributed by atoms with Crippen molar-refractivity contribution in [3.8, 4) is 11.6 Å². The lowest BCUT2D eigenvalue weighted by Gasteiger charge is -2.32. The highest BCUT2D eigenvalue weighted by Gasteiger charge is 2.36. The Hall–Kier alpha value is -2.97. The molecule has 0 spiro atoms. The molecule has 1 atom stereocenters. The van der Waals surface area contributed by atoms with Crippen LogP contribution in [-0.2, 0) is 5.66 Å². The third-order valence-electron chi connectivity index (χ3n) is 3.88. The zero-order valence-corrected chi connectivity index (χ0v) is 15.0. The van der Waals surface area contributed by atoms with Crippen LogP contribution in [0, 0.1) is 0 Å². The van der Waals surface area contributed by atoms with Crippen LogP contribution in [0.5, 0.6) is 11.6 Å². The minimum Gasteiger partial charge on any atom is -0.496 e. The first-order valence-electron chi connectivity index (χ1n) is 7.69. The second-order valence-electron chi connectivity index (χ2n) is 5.50. The summed E-state index contributed by atoms with van der Waals surface area (Å²) in [7, 11) is 3.08. The summed E-state index contributed by atoms with van der Waals surface area (Å²) in [6.07, 6.45) is 3.20. The van der Waals surface area contributed by atoms with E-state index < -0.39 is 5.66 Å². The van der Waals surface area contributed by atoms with E-state index in [-0.39, 0.29) is 0 Å². The highest BCUT2D eigenvalue weighted by Crippen LogP contribution is 2.36. The molecule has 2 heterocycles. The molecule has 1 aliphatic heterocycles. The van der Waals surface area contributed by atoms with E-state index in [2.05, 4.69) is 20.6 Å². The minimum absolute atomic E-state index is 0.307. The van der Waals surface area contributed by atoms with Gasteiger partial charge in [-0.15, -0.1) is 0 Å². The summed E-state index contributed by atoms with van der Waals surface area (Å²) in [6, 6.07) is 8.67. The van der Waals surface area contributed by atoms with Crippen molar-refractivity contribution < 1.29 is 9.47 Å². The van der Waals surface area contributed by atoms with Crippen LogP contribution in [0.25, 0.3) is 0 Å². The molecule has 8 nitrogen and oxygen atoms in total. The molecule has 0 saturated heterocycles. The fourth-order valence-corrected chi connectivity index (χ4v) is 2.74. The molecule has 136 valence electrons. The number of aromatic nitrogens is 1. The predicted octanol–water partition coefficient (Wildman–Crippen LogP) is 1.74. The summed E-state index contributed by atoms with van der Waals surface area (Å²) < 4.78 is 10.6. The van der Waals surface area contributed by atoms with E-state index in [1.165, 1.54) is 7.11 Å². The van der Waals surface area contributed by atoms with Crippen LogP contribution in [0.15, 0.2) is 53.4 Å². The van der Waals surface area contributed by atoms with Crippen LogP contribution < -0.4 is 31.6 Å². The molecule has 1 aromatic carbocycles. The lowest BCUT2D eigenvalue weighted by molar-refractivity contribution is 0.393. The molecule has 0 bridgehead atoms. The van der Waals surface area contributed by atoms with Crippen molar-refractivity contribution in [3.63, 3.8) is 0 Å². The number of rotatable bonds is 4. The van der Waals surface area contributed by atoms with Crippen LogP contribution in [0.2, 0.25) is 5.02 Å². The molecule has 26 heavy (non-hydrogen) atoms. The molecule has 2 aromatic rings. The van der Waals surface area contributed by atoms with E-state index in [9.17, 15) is 0 Å². The van der Waals surface area contributed by atoms with Gasteiger partial charge in [0.25, 0.3) is 0 Å². The molecule has 0 aliphatic carbocycles. The predicted molar refractivity (Wildman–Crippen MR) is 101 cm³/mol. The lowest BCUT2D eigenvalue weighted by atomic mass is 9.96. The van der Waals surface area contributed by atoms with Crippen molar-refractivity contribution >= 4 is 23.2 Å². The number of methoxy groups -OCH3 is 2. The van der Waals surface area contributed by atoms with Gasteiger partial charge in [0.05, 0.1) is 19.9 Å². The molecule has 3 rings (SSSR count).